The Hall–Kier alpha value is -2.10. The molecule has 0 aromatic heterocycles. The number of carbonyl (C=O) groups is 2. The van der Waals surface area contributed by atoms with Gasteiger partial charge >= 0.3 is 0 Å². The molecule has 0 spiro atoms. The van der Waals surface area contributed by atoms with Crippen molar-refractivity contribution in [3.05, 3.63) is 42.0 Å². The Kier molecular flexibility index (Phi) is 5.11. The van der Waals surface area contributed by atoms with Crippen LogP contribution in [0.5, 0.6) is 0 Å². The molecule has 4 heteroatoms. The molecule has 1 aromatic carbocycles. The number of carbonyl (C=O) groups excluding carboxylic acids is 2. The molecule has 1 aromatic rings. The molecular weight excluding hydrogens is 230 g/mol. The second-order valence-electron chi connectivity index (χ2n) is 4.07. The van der Waals surface area contributed by atoms with Gasteiger partial charge in [-0.25, -0.2) is 0 Å². The van der Waals surface area contributed by atoms with Gasteiger partial charge in [-0.2, -0.15) is 0 Å². The lowest BCUT2D eigenvalue weighted by molar-refractivity contribution is -0.297. The summed E-state index contributed by atoms with van der Waals surface area (Å²) in [5.41, 5.74) is 1.84. The predicted octanol–water partition coefficient (Wildman–Crippen LogP) is 1.44. The first kappa shape index (κ1) is 14.0. The number of carboxylic acids is 1. The molecule has 4 nitrogen and oxygen atoms in total. The second-order valence-corrected chi connectivity index (χ2v) is 4.07. The summed E-state index contributed by atoms with van der Waals surface area (Å²) in [5, 5.41) is 12.7. The molecule has 1 rings (SSSR count). The minimum Gasteiger partial charge on any atom is -0.545 e. The molecule has 0 fully saturated rings. The van der Waals surface area contributed by atoms with Crippen LogP contribution in [0.2, 0.25) is 0 Å². The van der Waals surface area contributed by atoms with Crippen LogP contribution < -0.4 is 10.4 Å². The number of amides is 1. The Bertz CT molecular complexity index is 449. The van der Waals surface area contributed by atoms with Crippen LogP contribution in [-0.2, 0) is 9.59 Å². The summed E-state index contributed by atoms with van der Waals surface area (Å²) in [6, 6.07) is 7.50. The fourth-order valence-corrected chi connectivity index (χ4v) is 1.46. The second kappa shape index (κ2) is 6.59. The number of carboxylic acid groups (broad SMARTS) is 1. The monoisotopic (exact) mass is 246 g/mol. The van der Waals surface area contributed by atoms with Crippen molar-refractivity contribution < 1.29 is 14.7 Å². The minimum atomic E-state index is -1.39. The van der Waals surface area contributed by atoms with Gasteiger partial charge in [-0.1, -0.05) is 26.0 Å². The van der Waals surface area contributed by atoms with E-state index >= 15 is 0 Å². The Morgan fingerprint density at radius 1 is 1.28 bits per heavy atom. The van der Waals surface area contributed by atoms with Crippen molar-refractivity contribution in [2.24, 2.45) is 0 Å². The molecule has 0 saturated carbocycles. The van der Waals surface area contributed by atoms with Gasteiger partial charge in [0.1, 0.15) is 0 Å². The average Bonchev–Trinajstić information content (AvgIpc) is 2.36. The van der Waals surface area contributed by atoms with Gasteiger partial charge in [0.15, 0.2) is 0 Å². The van der Waals surface area contributed by atoms with Crippen LogP contribution in [0.3, 0.4) is 0 Å². The molecule has 0 aliphatic carbocycles. The van der Waals surface area contributed by atoms with Crippen LogP contribution in [0.25, 0.3) is 0 Å². The summed E-state index contributed by atoms with van der Waals surface area (Å²) in [6.07, 6.45) is 2.68. The molecule has 0 aliphatic rings. The predicted molar refractivity (Wildman–Crippen MR) is 67.9 cm³/mol. The quantitative estimate of drug-likeness (QED) is 0.799. The van der Waals surface area contributed by atoms with Gasteiger partial charge in [-0.3, -0.25) is 4.79 Å². The Labute approximate surface area is 106 Å². The van der Waals surface area contributed by atoms with Gasteiger partial charge < -0.3 is 15.2 Å². The first-order chi connectivity index (χ1) is 8.52. The number of benzene rings is 1. The number of aliphatic carboxylic acids is 1. The molecule has 1 N–H and O–H groups in total. The largest absolute Gasteiger partial charge is 0.545 e. The van der Waals surface area contributed by atoms with Crippen molar-refractivity contribution in [2.45, 2.75) is 26.2 Å². The molecule has 18 heavy (non-hydrogen) atoms. The molecule has 0 unspecified atom stereocenters. The minimum absolute atomic E-state index is 0.479. The van der Waals surface area contributed by atoms with E-state index in [9.17, 15) is 14.7 Å². The molecule has 0 bridgehead atoms. The molecule has 0 heterocycles. The number of rotatable bonds is 5. The van der Waals surface area contributed by atoms with Crippen molar-refractivity contribution in [1.82, 2.24) is 0 Å². The summed E-state index contributed by atoms with van der Waals surface area (Å²) < 4.78 is 0. The Morgan fingerprint density at radius 3 is 2.39 bits per heavy atom. The summed E-state index contributed by atoms with van der Waals surface area (Å²) in [4.78, 5) is 21.4. The van der Waals surface area contributed by atoms with Crippen LogP contribution in [0.4, 0.5) is 5.69 Å². The van der Waals surface area contributed by atoms with Crippen LogP contribution >= 0.6 is 0 Å². The van der Waals surface area contributed by atoms with E-state index in [0.29, 0.717) is 17.7 Å². The SMILES string of the molecule is CC[C@@H](C)c1ccc(NC(=O)/C=C/C(=O)[O-])cc1. The Morgan fingerprint density at radius 2 is 1.89 bits per heavy atom. The summed E-state index contributed by atoms with van der Waals surface area (Å²) in [6.45, 7) is 4.25. The highest BCUT2D eigenvalue weighted by Gasteiger charge is 2.03. The maximum absolute atomic E-state index is 11.3. The van der Waals surface area contributed by atoms with E-state index in [2.05, 4.69) is 19.2 Å². The zero-order valence-corrected chi connectivity index (χ0v) is 10.5. The van der Waals surface area contributed by atoms with Crippen LogP contribution in [0, 0.1) is 0 Å². The molecule has 0 aliphatic heterocycles. The third-order valence-corrected chi connectivity index (χ3v) is 2.73. The van der Waals surface area contributed by atoms with Crippen molar-refractivity contribution in [2.75, 3.05) is 5.32 Å². The van der Waals surface area contributed by atoms with E-state index < -0.39 is 11.9 Å². The maximum atomic E-state index is 11.3. The van der Waals surface area contributed by atoms with Crippen molar-refractivity contribution >= 4 is 17.6 Å². The van der Waals surface area contributed by atoms with E-state index in [4.69, 9.17) is 0 Å². The fourth-order valence-electron chi connectivity index (χ4n) is 1.46. The lowest BCUT2D eigenvalue weighted by atomic mass is 9.99. The van der Waals surface area contributed by atoms with Gasteiger partial charge in [0.25, 0.3) is 0 Å². The van der Waals surface area contributed by atoms with Gasteiger partial charge in [-0.15, -0.1) is 0 Å². The van der Waals surface area contributed by atoms with Crippen LogP contribution in [-0.4, -0.2) is 11.9 Å². The van der Waals surface area contributed by atoms with E-state index in [0.717, 1.165) is 12.5 Å². The fraction of sp³-hybridized carbons (Fsp3) is 0.286. The third kappa shape index (κ3) is 4.41. The smallest absolute Gasteiger partial charge is 0.248 e. The molecule has 0 radical (unpaired) electrons. The number of anilines is 1. The van der Waals surface area contributed by atoms with Crippen molar-refractivity contribution in [3.8, 4) is 0 Å². The number of nitrogens with one attached hydrogen (secondary N) is 1. The van der Waals surface area contributed by atoms with Crippen molar-refractivity contribution in [3.63, 3.8) is 0 Å². The van der Waals surface area contributed by atoms with E-state index in [-0.39, 0.29) is 0 Å². The van der Waals surface area contributed by atoms with Gasteiger partial charge in [0.05, 0.1) is 5.97 Å². The first-order valence-corrected chi connectivity index (χ1v) is 5.83. The lowest BCUT2D eigenvalue weighted by Crippen LogP contribution is -2.20. The molecule has 1 amide bonds. The highest BCUT2D eigenvalue weighted by atomic mass is 16.4. The lowest BCUT2D eigenvalue weighted by Gasteiger charge is -2.09. The zero-order chi connectivity index (χ0) is 13.5. The highest BCUT2D eigenvalue weighted by Crippen LogP contribution is 2.20. The summed E-state index contributed by atoms with van der Waals surface area (Å²) in [5.74, 6) is -1.40. The topological polar surface area (TPSA) is 69.2 Å². The first-order valence-electron chi connectivity index (χ1n) is 5.83. The molecular formula is C14H16NO3-. The van der Waals surface area contributed by atoms with Gasteiger partial charge in [0.2, 0.25) is 5.91 Å². The van der Waals surface area contributed by atoms with E-state index in [1.54, 1.807) is 12.1 Å². The maximum Gasteiger partial charge on any atom is 0.248 e. The van der Waals surface area contributed by atoms with Crippen LogP contribution in [0.1, 0.15) is 31.7 Å². The van der Waals surface area contributed by atoms with E-state index in [1.165, 1.54) is 5.56 Å². The number of hydrogen-bond donors (Lipinski definition) is 1. The van der Waals surface area contributed by atoms with Gasteiger partial charge in [0, 0.05) is 11.8 Å². The van der Waals surface area contributed by atoms with Crippen molar-refractivity contribution in [1.29, 1.82) is 0 Å². The molecule has 0 saturated heterocycles. The third-order valence-electron chi connectivity index (χ3n) is 2.73. The standard InChI is InChI=1S/C14H17NO3/c1-3-10(2)11-4-6-12(7-5-11)15-13(16)8-9-14(17)18/h4-10H,3H2,1-2H3,(H,15,16)(H,17,18)/p-1/b9-8+/t10-/m1/s1. The van der Waals surface area contributed by atoms with Gasteiger partial charge in [-0.05, 0) is 36.1 Å². The molecule has 96 valence electrons. The average molecular weight is 246 g/mol. The normalized spacial score (nSPS) is 12.3. The highest BCUT2D eigenvalue weighted by molar-refractivity contribution is 6.02. The Balaban J connectivity index is 2.64. The van der Waals surface area contributed by atoms with Crippen LogP contribution in [0.15, 0.2) is 36.4 Å². The molecule has 1 atom stereocenters. The number of hydrogen-bond acceptors (Lipinski definition) is 3. The summed E-state index contributed by atoms with van der Waals surface area (Å²) >= 11 is 0. The summed E-state index contributed by atoms with van der Waals surface area (Å²) in [7, 11) is 0. The van der Waals surface area contributed by atoms with E-state index in [1.807, 2.05) is 12.1 Å². The zero-order valence-electron chi connectivity index (χ0n) is 10.5.